The Morgan fingerprint density at radius 3 is 2.76 bits per heavy atom. The molecule has 0 aromatic carbocycles. The van der Waals surface area contributed by atoms with Gasteiger partial charge in [0.15, 0.2) is 5.54 Å². The molecule has 1 atom stereocenters. The first kappa shape index (κ1) is 13.6. The zero-order valence-electron chi connectivity index (χ0n) is 10.4. The van der Waals surface area contributed by atoms with Gasteiger partial charge in [-0.15, -0.1) is 0 Å². The van der Waals surface area contributed by atoms with Crippen molar-refractivity contribution in [3.05, 3.63) is 30.1 Å². The van der Waals surface area contributed by atoms with Crippen LogP contribution in [0.2, 0.25) is 0 Å². The predicted molar refractivity (Wildman–Crippen MR) is 63.5 cm³/mol. The van der Waals surface area contributed by atoms with Crippen LogP contribution in [0, 0.1) is 0 Å². The van der Waals surface area contributed by atoms with E-state index in [1.54, 1.807) is 32.4 Å². The van der Waals surface area contributed by atoms with Gasteiger partial charge in [-0.05, 0) is 19.1 Å². The van der Waals surface area contributed by atoms with E-state index in [4.69, 9.17) is 9.47 Å². The summed E-state index contributed by atoms with van der Waals surface area (Å²) in [4.78, 5) is 16.1. The molecule has 0 radical (unpaired) electrons. The van der Waals surface area contributed by atoms with Crippen molar-refractivity contribution in [2.75, 3.05) is 27.4 Å². The second kappa shape index (κ2) is 6.32. The highest BCUT2D eigenvalue weighted by atomic mass is 16.5. The average molecular weight is 238 g/mol. The van der Waals surface area contributed by atoms with Crippen LogP contribution in [0.25, 0.3) is 0 Å². The summed E-state index contributed by atoms with van der Waals surface area (Å²) in [7, 11) is 2.97. The van der Waals surface area contributed by atoms with Crippen molar-refractivity contribution in [2.45, 2.75) is 12.5 Å². The molecule has 1 N–H and O–H groups in total. The first-order valence-electron chi connectivity index (χ1n) is 5.39. The molecule has 1 aromatic rings. The van der Waals surface area contributed by atoms with Gasteiger partial charge in [0, 0.05) is 19.9 Å². The lowest BCUT2D eigenvalue weighted by atomic mass is 9.97. The van der Waals surface area contributed by atoms with Crippen LogP contribution in [-0.2, 0) is 19.8 Å². The highest BCUT2D eigenvalue weighted by Gasteiger charge is 2.37. The second-order valence-electron chi connectivity index (χ2n) is 3.75. The van der Waals surface area contributed by atoms with E-state index in [2.05, 4.69) is 10.3 Å². The Morgan fingerprint density at radius 2 is 2.24 bits per heavy atom. The molecule has 0 saturated carbocycles. The van der Waals surface area contributed by atoms with Crippen molar-refractivity contribution < 1.29 is 14.3 Å². The van der Waals surface area contributed by atoms with E-state index in [0.717, 1.165) is 0 Å². The fraction of sp³-hybridized carbons (Fsp3) is 0.500. The highest BCUT2D eigenvalue weighted by Crippen LogP contribution is 2.19. The number of rotatable bonds is 6. The summed E-state index contributed by atoms with van der Waals surface area (Å²) in [5, 5.41) is 3.10. The second-order valence-corrected chi connectivity index (χ2v) is 3.75. The summed E-state index contributed by atoms with van der Waals surface area (Å²) in [6, 6.07) is 5.43. The van der Waals surface area contributed by atoms with E-state index in [1.807, 2.05) is 6.07 Å². The minimum absolute atomic E-state index is 0.368. The third-order valence-corrected chi connectivity index (χ3v) is 2.56. The molecule has 17 heavy (non-hydrogen) atoms. The Bertz CT molecular complexity index is 356. The van der Waals surface area contributed by atoms with Crippen LogP contribution in [0.1, 0.15) is 12.6 Å². The molecule has 0 aliphatic rings. The van der Waals surface area contributed by atoms with E-state index in [0.29, 0.717) is 18.8 Å². The summed E-state index contributed by atoms with van der Waals surface area (Å²) in [6.07, 6.45) is 1.65. The van der Waals surface area contributed by atoms with Gasteiger partial charge in [0.2, 0.25) is 0 Å². The molecular weight excluding hydrogens is 220 g/mol. The summed E-state index contributed by atoms with van der Waals surface area (Å²) in [6.45, 7) is 2.80. The number of methoxy groups -OCH3 is 2. The van der Waals surface area contributed by atoms with Crippen molar-refractivity contribution in [1.82, 2.24) is 10.3 Å². The monoisotopic (exact) mass is 238 g/mol. The quantitative estimate of drug-likeness (QED) is 0.584. The minimum Gasteiger partial charge on any atom is -0.467 e. The normalized spacial score (nSPS) is 14.1. The van der Waals surface area contributed by atoms with Crippen LogP contribution < -0.4 is 5.32 Å². The number of hydrogen-bond acceptors (Lipinski definition) is 5. The lowest BCUT2D eigenvalue weighted by molar-refractivity contribution is -0.148. The van der Waals surface area contributed by atoms with Crippen molar-refractivity contribution in [3.8, 4) is 0 Å². The molecule has 1 unspecified atom stereocenters. The van der Waals surface area contributed by atoms with Gasteiger partial charge >= 0.3 is 5.97 Å². The molecule has 5 nitrogen and oxygen atoms in total. The smallest absolute Gasteiger partial charge is 0.332 e. The number of nitrogens with one attached hydrogen (secondary N) is 1. The van der Waals surface area contributed by atoms with Crippen molar-refractivity contribution >= 4 is 5.97 Å². The lowest BCUT2D eigenvalue weighted by Crippen LogP contribution is -2.49. The van der Waals surface area contributed by atoms with E-state index in [-0.39, 0.29) is 5.97 Å². The fourth-order valence-electron chi connectivity index (χ4n) is 1.53. The Morgan fingerprint density at radius 1 is 1.47 bits per heavy atom. The first-order chi connectivity index (χ1) is 8.15. The molecule has 0 fully saturated rings. The van der Waals surface area contributed by atoms with Gasteiger partial charge in [-0.25, -0.2) is 4.79 Å². The van der Waals surface area contributed by atoms with Gasteiger partial charge in [-0.3, -0.25) is 10.3 Å². The maximum atomic E-state index is 11.9. The zero-order valence-corrected chi connectivity index (χ0v) is 10.4. The van der Waals surface area contributed by atoms with Crippen LogP contribution in [0.3, 0.4) is 0 Å². The van der Waals surface area contributed by atoms with Gasteiger partial charge < -0.3 is 9.47 Å². The number of nitrogens with zero attached hydrogens (tertiary/aromatic N) is 1. The third kappa shape index (κ3) is 3.25. The number of pyridine rings is 1. The molecule has 94 valence electrons. The van der Waals surface area contributed by atoms with Gasteiger partial charge in [-0.2, -0.15) is 0 Å². The molecular formula is C12H18N2O3. The standard InChI is InChI=1S/C12H18N2O3/c1-12(11(15)17-3,14-8-9-16-2)10-6-4-5-7-13-10/h4-7,14H,8-9H2,1-3H3. The largest absolute Gasteiger partial charge is 0.467 e. The molecule has 0 saturated heterocycles. The van der Waals surface area contributed by atoms with Gasteiger partial charge in [0.25, 0.3) is 0 Å². The lowest BCUT2D eigenvalue weighted by Gasteiger charge is -2.27. The Balaban J connectivity index is 2.90. The predicted octanol–water partition coefficient (Wildman–Crippen LogP) is 0.706. The molecule has 1 rings (SSSR count). The van der Waals surface area contributed by atoms with E-state index >= 15 is 0 Å². The third-order valence-electron chi connectivity index (χ3n) is 2.56. The summed E-state index contributed by atoms with van der Waals surface area (Å²) < 4.78 is 9.77. The highest BCUT2D eigenvalue weighted by molar-refractivity contribution is 5.81. The molecule has 0 aliphatic heterocycles. The van der Waals surface area contributed by atoms with Crippen molar-refractivity contribution in [2.24, 2.45) is 0 Å². The number of esters is 1. The maximum absolute atomic E-state index is 11.9. The number of carbonyl (C=O) groups excluding carboxylic acids is 1. The maximum Gasteiger partial charge on any atom is 0.332 e. The Labute approximate surface area is 101 Å². The minimum atomic E-state index is -0.950. The number of carbonyl (C=O) groups is 1. The van der Waals surface area contributed by atoms with Crippen molar-refractivity contribution in [3.63, 3.8) is 0 Å². The Kier molecular flexibility index (Phi) is 5.06. The van der Waals surface area contributed by atoms with Gasteiger partial charge in [0.05, 0.1) is 19.4 Å². The summed E-state index contributed by atoms with van der Waals surface area (Å²) in [5.41, 5.74) is -0.322. The molecule has 1 aromatic heterocycles. The van der Waals surface area contributed by atoms with Crippen LogP contribution >= 0.6 is 0 Å². The fourth-order valence-corrected chi connectivity index (χ4v) is 1.53. The number of hydrogen-bond donors (Lipinski definition) is 1. The molecule has 0 bridgehead atoms. The summed E-state index contributed by atoms with van der Waals surface area (Å²) >= 11 is 0. The molecule has 0 amide bonds. The van der Waals surface area contributed by atoms with Crippen molar-refractivity contribution in [1.29, 1.82) is 0 Å². The van der Waals surface area contributed by atoms with E-state index < -0.39 is 5.54 Å². The van der Waals surface area contributed by atoms with Crippen LogP contribution in [0.4, 0.5) is 0 Å². The van der Waals surface area contributed by atoms with E-state index in [1.165, 1.54) is 7.11 Å². The van der Waals surface area contributed by atoms with Crippen LogP contribution in [-0.4, -0.2) is 38.3 Å². The zero-order chi connectivity index (χ0) is 12.7. The van der Waals surface area contributed by atoms with Crippen LogP contribution in [0.15, 0.2) is 24.4 Å². The number of aromatic nitrogens is 1. The SMILES string of the molecule is COCCNC(C)(C(=O)OC)c1ccccn1. The molecule has 5 heteroatoms. The van der Waals surface area contributed by atoms with E-state index in [9.17, 15) is 4.79 Å². The van der Waals surface area contributed by atoms with Gasteiger partial charge in [-0.1, -0.05) is 6.07 Å². The summed E-state index contributed by atoms with van der Waals surface area (Å²) in [5.74, 6) is -0.368. The molecule has 0 aliphatic carbocycles. The van der Waals surface area contributed by atoms with Gasteiger partial charge in [0.1, 0.15) is 0 Å². The molecule has 0 spiro atoms. The first-order valence-corrected chi connectivity index (χ1v) is 5.39. The van der Waals surface area contributed by atoms with Crippen LogP contribution in [0.5, 0.6) is 0 Å². The number of ether oxygens (including phenoxy) is 2. The Hall–Kier alpha value is -1.46. The molecule has 1 heterocycles. The average Bonchev–Trinajstić information content (AvgIpc) is 2.39. The topological polar surface area (TPSA) is 60.5 Å².